The van der Waals surface area contributed by atoms with Gasteiger partial charge in [0.1, 0.15) is 10.7 Å². The minimum atomic E-state index is -0.261. The van der Waals surface area contributed by atoms with Crippen LogP contribution in [0.5, 0.6) is 17.2 Å². The van der Waals surface area contributed by atoms with E-state index in [-0.39, 0.29) is 5.91 Å². The standard InChI is InChI=1S/C18H18N4O4S/c1-22(17(23)12-7-5-6-8-19-12)18-21-20-16(27-18)11-9-13(24-2)15(26-4)14(10-11)25-3/h5-10H,1-4H3. The first kappa shape index (κ1) is 18.6. The molecule has 0 bridgehead atoms. The fourth-order valence-corrected chi connectivity index (χ4v) is 3.21. The Kier molecular flexibility index (Phi) is 5.51. The number of hydrogen-bond acceptors (Lipinski definition) is 8. The molecule has 0 aliphatic heterocycles. The Labute approximate surface area is 160 Å². The maximum absolute atomic E-state index is 12.5. The van der Waals surface area contributed by atoms with Crippen molar-refractivity contribution in [3.05, 3.63) is 42.2 Å². The van der Waals surface area contributed by atoms with E-state index >= 15 is 0 Å². The van der Waals surface area contributed by atoms with Crippen molar-refractivity contribution in [2.24, 2.45) is 0 Å². The maximum Gasteiger partial charge on any atom is 0.278 e. The molecule has 0 unspecified atom stereocenters. The molecule has 1 aromatic carbocycles. The molecule has 0 radical (unpaired) electrons. The first-order valence-electron chi connectivity index (χ1n) is 7.92. The van der Waals surface area contributed by atoms with Crippen molar-refractivity contribution in [3.8, 4) is 27.8 Å². The Bertz CT molecular complexity index is 921. The number of hydrogen-bond donors (Lipinski definition) is 0. The molecule has 0 saturated carbocycles. The van der Waals surface area contributed by atoms with E-state index < -0.39 is 0 Å². The molecule has 8 nitrogen and oxygen atoms in total. The van der Waals surface area contributed by atoms with Crippen LogP contribution in [0.1, 0.15) is 10.5 Å². The molecule has 140 valence electrons. The van der Waals surface area contributed by atoms with Gasteiger partial charge in [0, 0.05) is 18.8 Å². The lowest BCUT2D eigenvalue weighted by Gasteiger charge is -2.13. The normalized spacial score (nSPS) is 10.4. The van der Waals surface area contributed by atoms with Gasteiger partial charge in [0.05, 0.1) is 21.3 Å². The summed E-state index contributed by atoms with van der Waals surface area (Å²) in [6.45, 7) is 0. The molecule has 27 heavy (non-hydrogen) atoms. The number of aromatic nitrogens is 3. The lowest BCUT2D eigenvalue weighted by atomic mass is 10.2. The Morgan fingerprint density at radius 2 is 1.74 bits per heavy atom. The van der Waals surface area contributed by atoms with Crippen molar-refractivity contribution < 1.29 is 19.0 Å². The third-order valence-corrected chi connectivity index (χ3v) is 4.85. The van der Waals surface area contributed by atoms with Crippen LogP contribution in [-0.2, 0) is 0 Å². The molecule has 0 aliphatic carbocycles. The summed E-state index contributed by atoms with van der Waals surface area (Å²) >= 11 is 1.27. The predicted octanol–water partition coefficient (Wildman–Crippen LogP) is 2.90. The topological polar surface area (TPSA) is 86.7 Å². The van der Waals surface area contributed by atoms with E-state index in [0.717, 1.165) is 5.56 Å². The highest BCUT2D eigenvalue weighted by atomic mass is 32.1. The monoisotopic (exact) mass is 386 g/mol. The molecule has 0 saturated heterocycles. The summed E-state index contributed by atoms with van der Waals surface area (Å²) in [6, 6.07) is 8.73. The molecule has 9 heteroatoms. The molecule has 1 amide bonds. The van der Waals surface area contributed by atoms with Crippen LogP contribution in [0.15, 0.2) is 36.5 Å². The quantitative estimate of drug-likeness (QED) is 0.644. The third-order valence-electron chi connectivity index (χ3n) is 3.80. The molecule has 3 rings (SSSR count). The highest BCUT2D eigenvalue weighted by Gasteiger charge is 2.21. The van der Waals surface area contributed by atoms with E-state index in [0.29, 0.717) is 33.1 Å². The average molecular weight is 386 g/mol. The van der Waals surface area contributed by atoms with Crippen LogP contribution < -0.4 is 19.1 Å². The van der Waals surface area contributed by atoms with Crippen molar-refractivity contribution >= 4 is 22.4 Å². The van der Waals surface area contributed by atoms with Crippen molar-refractivity contribution in [2.45, 2.75) is 0 Å². The molecular weight excluding hydrogens is 368 g/mol. The number of carbonyl (C=O) groups is 1. The zero-order valence-electron chi connectivity index (χ0n) is 15.3. The van der Waals surface area contributed by atoms with Crippen molar-refractivity contribution in [3.63, 3.8) is 0 Å². The smallest absolute Gasteiger partial charge is 0.278 e. The molecule has 2 heterocycles. The van der Waals surface area contributed by atoms with Crippen LogP contribution >= 0.6 is 11.3 Å². The number of carbonyl (C=O) groups excluding carboxylic acids is 1. The molecular formula is C18H18N4O4S. The highest BCUT2D eigenvalue weighted by Crippen LogP contribution is 2.42. The summed E-state index contributed by atoms with van der Waals surface area (Å²) in [6.07, 6.45) is 1.57. The van der Waals surface area contributed by atoms with E-state index in [1.165, 1.54) is 16.2 Å². The first-order valence-corrected chi connectivity index (χ1v) is 8.73. The molecule has 0 atom stereocenters. The summed E-state index contributed by atoms with van der Waals surface area (Å²) in [5.41, 5.74) is 1.08. The third kappa shape index (κ3) is 3.68. The van der Waals surface area contributed by atoms with E-state index in [1.54, 1.807) is 64.9 Å². The minimum absolute atomic E-state index is 0.261. The van der Waals surface area contributed by atoms with Gasteiger partial charge in [0.15, 0.2) is 11.5 Å². The summed E-state index contributed by atoms with van der Waals surface area (Å²) in [5, 5.41) is 9.39. The second-order valence-corrected chi connectivity index (χ2v) is 6.34. The fraction of sp³-hybridized carbons (Fsp3) is 0.222. The summed E-state index contributed by atoms with van der Waals surface area (Å²) in [7, 11) is 6.27. The zero-order chi connectivity index (χ0) is 19.4. The van der Waals surface area contributed by atoms with Gasteiger partial charge in [-0.3, -0.25) is 14.7 Å². The molecule has 0 spiro atoms. The highest BCUT2D eigenvalue weighted by molar-refractivity contribution is 7.18. The minimum Gasteiger partial charge on any atom is -0.493 e. The van der Waals surface area contributed by atoms with Gasteiger partial charge in [0.25, 0.3) is 5.91 Å². The SMILES string of the molecule is COc1cc(-c2nnc(N(C)C(=O)c3ccccn3)s2)cc(OC)c1OC. The molecule has 0 aliphatic rings. The Morgan fingerprint density at radius 3 is 2.30 bits per heavy atom. The van der Waals surface area contributed by atoms with Crippen LogP contribution in [-0.4, -0.2) is 49.5 Å². The van der Waals surface area contributed by atoms with Crippen molar-refractivity contribution in [1.82, 2.24) is 15.2 Å². The van der Waals surface area contributed by atoms with Crippen molar-refractivity contribution in [2.75, 3.05) is 33.3 Å². The van der Waals surface area contributed by atoms with Gasteiger partial charge in [-0.15, -0.1) is 10.2 Å². The van der Waals surface area contributed by atoms with E-state index in [2.05, 4.69) is 15.2 Å². The predicted molar refractivity (Wildman–Crippen MR) is 102 cm³/mol. The van der Waals surface area contributed by atoms with Crippen molar-refractivity contribution in [1.29, 1.82) is 0 Å². The Morgan fingerprint density at radius 1 is 1.04 bits per heavy atom. The van der Waals surface area contributed by atoms with Crippen LogP contribution in [0.25, 0.3) is 10.6 Å². The van der Waals surface area contributed by atoms with Gasteiger partial charge in [0.2, 0.25) is 10.9 Å². The largest absolute Gasteiger partial charge is 0.493 e. The Balaban J connectivity index is 1.93. The Hall–Kier alpha value is -3.20. The van der Waals surface area contributed by atoms with Crippen LogP contribution in [0.3, 0.4) is 0 Å². The van der Waals surface area contributed by atoms with Gasteiger partial charge >= 0.3 is 0 Å². The van der Waals surface area contributed by atoms with Gasteiger partial charge in [-0.2, -0.15) is 0 Å². The number of amides is 1. The van der Waals surface area contributed by atoms with E-state index in [4.69, 9.17) is 14.2 Å². The lowest BCUT2D eigenvalue weighted by Crippen LogP contribution is -2.26. The number of benzene rings is 1. The summed E-state index contributed by atoms with van der Waals surface area (Å²) < 4.78 is 16.1. The zero-order valence-corrected chi connectivity index (χ0v) is 16.1. The number of ether oxygens (including phenoxy) is 3. The second-order valence-electron chi connectivity index (χ2n) is 5.38. The summed E-state index contributed by atoms with van der Waals surface area (Å²) in [4.78, 5) is 18.0. The molecule has 2 aromatic heterocycles. The van der Waals surface area contributed by atoms with Crippen LogP contribution in [0, 0.1) is 0 Å². The number of methoxy groups -OCH3 is 3. The van der Waals surface area contributed by atoms with E-state index in [9.17, 15) is 4.79 Å². The lowest BCUT2D eigenvalue weighted by molar-refractivity contribution is 0.0988. The molecule has 3 aromatic rings. The molecule has 0 N–H and O–H groups in total. The number of anilines is 1. The maximum atomic E-state index is 12.5. The summed E-state index contributed by atoms with van der Waals surface area (Å²) in [5.74, 6) is 1.27. The fourth-order valence-electron chi connectivity index (χ4n) is 2.42. The average Bonchev–Trinajstić information content (AvgIpc) is 3.22. The number of pyridine rings is 1. The van der Waals surface area contributed by atoms with Gasteiger partial charge < -0.3 is 14.2 Å². The van der Waals surface area contributed by atoms with Crippen LogP contribution in [0.4, 0.5) is 5.13 Å². The molecule has 0 fully saturated rings. The van der Waals surface area contributed by atoms with Gasteiger partial charge in [-0.1, -0.05) is 17.4 Å². The van der Waals surface area contributed by atoms with E-state index in [1.807, 2.05) is 0 Å². The first-order chi connectivity index (χ1) is 13.1. The van der Waals surface area contributed by atoms with Gasteiger partial charge in [-0.25, -0.2) is 0 Å². The number of rotatable bonds is 6. The van der Waals surface area contributed by atoms with Crippen LogP contribution in [0.2, 0.25) is 0 Å². The number of nitrogens with zero attached hydrogens (tertiary/aromatic N) is 4. The second kappa shape index (κ2) is 8.00. The van der Waals surface area contributed by atoms with Gasteiger partial charge in [-0.05, 0) is 24.3 Å².